The van der Waals surface area contributed by atoms with Crippen LogP contribution in [-0.4, -0.2) is 26.0 Å². The maximum Gasteiger partial charge on any atom is 0.191 e. The predicted octanol–water partition coefficient (Wildman–Crippen LogP) is 5.39. The molecule has 0 saturated heterocycles. The summed E-state index contributed by atoms with van der Waals surface area (Å²) in [4.78, 5) is 5.77. The summed E-state index contributed by atoms with van der Waals surface area (Å²) >= 11 is 9.82. The van der Waals surface area contributed by atoms with E-state index in [0.717, 1.165) is 39.7 Å². The Morgan fingerprint density at radius 3 is 2.80 bits per heavy atom. The van der Waals surface area contributed by atoms with E-state index < -0.39 is 0 Å². The molecule has 3 aromatic rings. The van der Waals surface area contributed by atoms with Crippen LogP contribution in [0.1, 0.15) is 37.1 Å². The quantitative estimate of drug-likeness (QED) is 0.417. The van der Waals surface area contributed by atoms with Crippen LogP contribution in [0.25, 0.3) is 10.9 Å². The van der Waals surface area contributed by atoms with Gasteiger partial charge in [-0.1, -0.05) is 29.4 Å². The third-order valence-corrected chi connectivity index (χ3v) is 6.48. The van der Waals surface area contributed by atoms with E-state index in [1.807, 2.05) is 0 Å². The van der Waals surface area contributed by atoms with Gasteiger partial charge in [-0.3, -0.25) is 0 Å². The number of benzene rings is 1. The lowest BCUT2D eigenvalue weighted by Gasteiger charge is -2.08. The first-order valence-corrected chi connectivity index (χ1v) is 11.0. The van der Waals surface area contributed by atoms with Gasteiger partial charge in [0.15, 0.2) is 5.16 Å². The highest BCUT2D eigenvalue weighted by atomic mass is 35.5. The number of pyridine rings is 1. The molecule has 4 rings (SSSR count). The van der Waals surface area contributed by atoms with Crippen LogP contribution in [0.15, 0.2) is 34.3 Å². The van der Waals surface area contributed by atoms with Crippen LogP contribution in [0.4, 0.5) is 0 Å². The lowest BCUT2D eigenvalue weighted by Crippen LogP contribution is -2.02. The van der Waals surface area contributed by atoms with Gasteiger partial charge in [-0.2, -0.15) is 0 Å². The zero-order valence-corrected chi connectivity index (χ0v) is 16.6. The van der Waals surface area contributed by atoms with Crippen LogP contribution in [0, 0.1) is 0 Å². The van der Waals surface area contributed by atoms with Crippen molar-refractivity contribution in [1.29, 1.82) is 0 Å². The Balaban J connectivity index is 1.57. The molecule has 130 valence electrons. The fourth-order valence-corrected chi connectivity index (χ4v) is 4.59. The van der Waals surface area contributed by atoms with Crippen molar-refractivity contribution in [3.63, 3.8) is 0 Å². The van der Waals surface area contributed by atoms with Gasteiger partial charge in [-0.15, -0.1) is 22.0 Å². The summed E-state index contributed by atoms with van der Waals surface area (Å²) in [5.41, 5.74) is 1.98. The molecule has 2 aromatic heterocycles. The number of aromatic nitrogens is 4. The third kappa shape index (κ3) is 3.52. The van der Waals surface area contributed by atoms with Gasteiger partial charge in [-0.05, 0) is 44.2 Å². The largest absolute Gasteiger partial charge is 0.306 e. The van der Waals surface area contributed by atoms with Crippen molar-refractivity contribution in [2.75, 3.05) is 6.26 Å². The first-order chi connectivity index (χ1) is 12.2. The molecule has 0 bridgehead atoms. The number of nitrogens with zero attached hydrogens (tertiary/aromatic N) is 4. The van der Waals surface area contributed by atoms with Gasteiger partial charge in [0.05, 0.1) is 5.52 Å². The van der Waals surface area contributed by atoms with E-state index in [9.17, 15) is 0 Å². The Hall–Kier alpha value is -1.24. The van der Waals surface area contributed by atoms with Crippen LogP contribution in [0.2, 0.25) is 5.15 Å². The Labute approximate surface area is 160 Å². The normalized spacial score (nSPS) is 14.4. The highest BCUT2D eigenvalue weighted by molar-refractivity contribution is 7.98. The first kappa shape index (κ1) is 17.2. The van der Waals surface area contributed by atoms with E-state index in [-0.39, 0.29) is 0 Å². The Morgan fingerprint density at radius 1 is 1.24 bits per heavy atom. The molecule has 0 spiro atoms. The summed E-state index contributed by atoms with van der Waals surface area (Å²) in [6.45, 7) is 3.05. The Bertz CT molecular complexity index is 921. The monoisotopic (exact) mass is 390 g/mol. The molecule has 1 aliphatic rings. The van der Waals surface area contributed by atoms with Crippen LogP contribution in [0.3, 0.4) is 0 Å². The number of fused-ring (bicyclic) bond motifs is 1. The van der Waals surface area contributed by atoms with Crippen molar-refractivity contribution in [2.45, 2.75) is 48.0 Å². The second-order valence-electron chi connectivity index (χ2n) is 6.14. The van der Waals surface area contributed by atoms with Crippen molar-refractivity contribution in [3.05, 3.63) is 40.8 Å². The number of hydrogen-bond acceptors (Lipinski definition) is 5. The van der Waals surface area contributed by atoms with Gasteiger partial charge in [0.25, 0.3) is 0 Å². The molecule has 7 heteroatoms. The maximum atomic E-state index is 6.43. The summed E-state index contributed by atoms with van der Waals surface area (Å²) in [5.74, 6) is 2.49. The van der Waals surface area contributed by atoms with Gasteiger partial charge in [0, 0.05) is 34.1 Å². The van der Waals surface area contributed by atoms with Crippen molar-refractivity contribution >= 4 is 46.0 Å². The van der Waals surface area contributed by atoms with E-state index >= 15 is 0 Å². The van der Waals surface area contributed by atoms with Gasteiger partial charge in [-0.25, -0.2) is 4.98 Å². The molecule has 1 saturated carbocycles. The minimum Gasteiger partial charge on any atom is -0.306 e. The zero-order chi connectivity index (χ0) is 17.4. The summed E-state index contributed by atoms with van der Waals surface area (Å²) in [6, 6.07) is 8.45. The molecule has 1 aliphatic carbocycles. The fourth-order valence-electron chi connectivity index (χ4n) is 2.89. The van der Waals surface area contributed by atoms with Crippen LogP contribution in [-0.2, 0) is 12.3 Å². The molecule has 2 heterocycles. The fraction of sp³-hybridized carbons (Fsp3) is 0.389. The molecule has 0 N–H and O–H groups in total. The summed E-state index contributed by atoms with van der Waals surface area (Å²) in [7, 11) is 0. The minimum atomic E-state index is 0.572. The molecule has 0 amide bonds. The van der Waals surface area contributed by atoms with Gasteiger partial charge < -0.3 is 4.57 Å². The van der Waals surface area contributed by atoms with Crippen molar-refractivity contribution < 1.29 is 0 Å². The SMILES string of the molecule is CCn1c(SCc2cc3ccc(SC)cc3nc2Cl)nnc1C1CC1. The van der Waals surface area contributed by atoms with E-state index in [1.54, 1.807) is 23.5 Å². The third-order valence-electron chi connectivity index (χ3n) is 4.41. The van der Waals surface area contributed by atoms with Crippen LogP contribution < -0.4 is 0 Å². The summed E-state index contributed by atoms with van der Waals surface area (Å²) in [6.07, 6.45) is 4.54. The summed E-state index contributed by atoms with van der Waals surface area (Å²) in [5, 5.41) is 11.4. The minimum absolute atomic E-state index is 0.572. The highest BCUT2D eigenvalue weighted by Gasteiger charge is 2.30. The second kappa shape index (κ2) is 7.17. The van der Waals surface area contributed by atoms with E-state index in [1.165, 1.54) is 17.7 Å². The van der Waals surface area contributed by atoms with Gasteiger partial charge in [0.2, 0.25) is 0 Å². The molecule has 0 unspecified atom stereocenters. The van der Waals surface area contributed by atoms with E-state index in [2.05, 4.69) is 57.2 Å². The van der Waals surface area contributed by atoms with Crippen LogP contribution in [0.5, 0.6) is 0 Å². The number of thioether (sulfide) groups is 2. The summed E-state index contributed by atoms with van der Waals surface area (Å²) < 4.78 is 2.23. The highest BCUT2D eigenvalue weighted by Crippen LogP contribution is 2.40. The lowest BCUT2D eigenvalue weighted by molar-refractivity contribution is 0.643. The standard InChI is InChI=1S/C18H19ClN4S2/c1-3-23-17(11-4-5-11)21-22-18(23)25-10-13-8-12-6-7-14(24-2)9-15(12)20-16(13)19/h6-9,11H,3-5,10H2,1-2H3. The van der Waals surface area contributed by atoms with Crippen molar-refractivity contribution in [3.8, 4) is 0 Å². The molecular formula is C18H19ClN4S2. The number of hydrogen-bond donors (Lipinski definition) is 0. The second-order valence-corrected chi connectivity index (χ2v) is 8.33. The molecule has 1 aromatic carbocycles. The average molecular weight is 391 g/mol. The van der Waals surface area contributed by atoms with Gasteiger partial charge in [0.1, 0.15) is 11.0 Å². The predicted molar refractivity (Wildman–Crippen MR) is 106 cm³/mol. The topological polar surface area (TPSA) is 43.6 Å². The lowest BCUT2D eigenvalue weighted by atomic mass is 10.2. The van der Waals surface area contributed by atoms with Crippen molar-refractivity contribution in [1.82, 2.24) is 19.7 Å². The van der Waals surface area contributed by atoms with Gasteiger partial charge >= 0.3 is 0 Å². The molecule has 0 aliphatic heterocycles. The zero-order valence-electron chi connectivity index (χ0n) is 14.2. The first-order valence-electron chi connectivity index (χ1n) is 8.38. The Morgan fingerprint density at radius 2 is 2.08 bits per heavy atom. The molecule has 0 atom stereocenters. The molecule has 0 radical (unpaired) electrons. The molecule has 25 heavy (non-hydrogen) atoms. The van der Waals surface area contributed by atoms with Crippen LogP contribution >= 0.6 is 35.1 Å². The molecule has 4 nitrogen and oxygen atoms in total. The smallest absolute Gasteiger partial charge is 0.191 e. The van der Waals surface area contributed by atoms with E-state index in [4.69, 9.17) is 11.6 Å². The maximum absolute atomic E-state index is 6.43. The number of halogens is 1. The van der Waals surface area contributed by atoms with Crippen molar-refractivity contribution in [2.24, 2.45) is 0 Å². The van der Waals surface area contributed by atoms with E-state index in [0.29, 0.717) is 11.1 Å². The average Bonchev–Trinajstić information content (AvgIpc) is 3.39. The Kier molecular flexibility index (Phi) is 4.93. The molecular weight excluding hydrogens is 372 g/mol. The number of rotatable bonds is 6. The molecule has 1 fully saturated rings.